The molecule has 3 aromatic rings. The van der Waals surface area contributed by atoms with E-state index in [1.807, 2.05) is 36.4 Å². The van der Waals surface area contributed by atoms with Crippen molar-refractivity contribution in [2.24, 2.45) is 0 Å². The van der Waals surface area contributed by atoms with E-state index in [-0.39, 0.29) is 5.91 Å². The quantitative estimate of drug-likeness (QED) is 0.498. The van der Waals surface area contributed by atoms with E-state index in [9.17, 15) is 4.79 Å². The van der Waals surface area contributed by atoms with Gasteiger partial charge >= 0.3 is 0 Å². The van der Waals surface area contributed by atoms with Crippen molar-refractivity contribution in [2.45, 2.75) is 43.0 Å². The average Bonchev–Trinajstić information content (AvgIpc) is 3.56. The van der Waals surface area contributed by atoms with E-state index >= 15 is 0 Å². The van der Waals surface area contributed by atoms with Gasteiger partial charge in [0.2, 0.25) is 5.91 Å². The molecule has 0 spiro atoms. The van der Waals surface area contributed by atoms with Gasteiger partial charge in [0.1, 0.15) is 5.82 Å². The van der Waals surface area contributed by atoms with Crippen molar-refractivity contribution in [3.05, 3.63) is 52.8 Å². The van der Waals surface area contributed by atoms with E-state index in [4.69, 9.17) is 21.1 Å². The van der Waals surface area contributed by atoms with Crippen LogP contribution < -0.4 is 14.8 Å². The topological polar surface area (TPSA) is 78.3 Å². The number of nitrogens with one attached hydrogen (secondary N) is 1. The number of amides is 1. The summed E-state index contributed by atoms with van der Waals surface area (Å²) in [5, 5.41) is 13.2. The first-order valence-corrected chi connectivity index (χ1v) is 12.0. The summed E-state index contributed by atoms with van der Waals surface area (Å²) in [7, 11) is 0. The Hall–Kier alpha value is -2.71. The molecule has 0 bridgehead atoms. The lowest BCUT2D eigenvalue weighted by Gasteiger charge is -2.13. The third-order valence-electron chi connectivity index (χ3n) is 5.26. The number of carbonyl (C=O) groups excluding carboxylic acids is 1. The average molecular weight is 471 g/mol. The molecule has 1 fully saturated rings. The normalized spacial score (nSPS) is 15.3. The second-order valence-electron chi connectivity index (χ2n) is 7.93. The van der Waals surface area contributed by atoms with Gasteiger partial charge in [0, 0.05) is 30.7 Å². The summed E-state index contributed by atoms with van der Waals surface area (Å²) in [6, 6.07) is 11.7. The Labute approximate surface area is 195 Å². The Bertz CT molecular complexity index is 1160. The predicted molar refractivity (Wildman–Crippen MR) is 124 cm³/mol. The maximum absolute atomic E-state index is 11.5. The zero-order valence-electron chi connectivity index (χ0n) is 17.6. The molecule has 1 amide bonds. The number of ether oxygens (including phenoxy) is 2. The van der Waals surface area contributed by atoms with Crippen LogP contribution in [0, 0.1) is 0 Å². The Kier molecular flexibility index (Phi) is 5.97. The number of fused-ring (bicyclic) bond motifs is 1. The van der Waals surface area contributed by atoms with E-state index in [1.54, 1.807) is 11.8 Å². The van der Waals surface area contributed by atoms with Gasteiger partial charge in [0.05, 0.1) is 23.9 Å². The summed E-state index contributed by atoms with van der Waals surface area (Å²) in [6.45, 7) is 2.72. The fourth-order valence-electron chi connectivity index (χ4n) is 3.66. The molecule has 9 heteroatoms. The Morgan fingerprint density at radius 3 is 2.88 bits per heavy atom. The molecule has 1 aliphatic carbocycles. The molecule has 32 heavy (non-hydrogen) atoms. The first-order valence-electron chi connectivity index (χ1n) is 10.6. The van der Waals surface area contributed by atoms with Crippen LogP contribution in [0.5, 0.6) is 11.5 Å². The van der Waals surface area contributed by atoms with Crippen LogP contribution in [0.15, 0.2) is 41.6 Å². The molecule has 2 aliphatic rings. The number of carbonyl (C=O) groups is 1. The molecule has 1 saturated carbocycles. The van der Waals surface area contributed by atoms with Gasteiger partial charge in [0.15, 0.2) is 16.7 Å². The molecule has 1 aromatic heterocycles. The third-order valence-corrected chi connectivity index (χ3v) is 6.54. The summed E-state index contributed by atoms with van der Waals surface area (Å²) < 4.78 is 13.6. The van der Waals surface area contributed by atoms with Crippen LogP contribution in [0.1, 0.15) is 43.5 Å². The summed E-state index contributed by atoms with van der Waals surface area (Å²) in [5.74, 6) is 3.25. The zero-order valence-corrected chi connectivity index (χ0v) is 19.2. The van der Waals surface area contributed by atoms with Crippen LogP contribution >= 0.6 is 23.4 Å². The maximum atomic E-state index is 11.5. The van der Waals surface area contributed by atoms with Gasteiger partial charge in [-0.2, -0.15) is 0 Å². The standard InChI is InChI=1S/C23H23ClN4O3S/c1-14(29)25-17-4-2-5-18(12-17)28-22(16-6-7-16)26-27-23(28)32-13-15-10-19(24)21-20(11-15)30-8-3-9-31-21/h2,4-5,10-12,16H,3,6-9,13H2,1H3,(H,25,29). The smallest absolute Gasteiger partial charge is 0.221 e. The number of halogens is 1. The Balaban J connectivity index is 1.43. The largest absolute Gasteiger partial charge is 0.489 e. The first-order chi connectivity index (χ1) is 15.6. The molecule has 0 radical (unpaired) electrons. The van der Waals surface area contributed by atoms with Gasteiger partial charge in [-0.1, -0.05) is 29.4 Å². The summed E-state index contributed by atoms with van der Waals surface area (Å²) >= 11 is 8.05. The highest BCUT2D eigenvalue weighted by Crippen LogP contribution is 2.42. The highest BCUT2D eigenvalue weighted by molar-refractivity contribution is 7.98. The van der Waals surface area contributed by atoms with Crippen molar-refractivity contribution in [1.82, 2.24) is 14.8 Å². The van der Waals surface area contributed by atoms with E-state index in [2.05, 4.69) is 20.1 Å². The molecule has 2 aromatic carbocycles. The monoisotopic (exact) mass is 470 g/mol. The fourth-order valence-corrected chi connectivity index (χ4v) is 4.84. The zero-order chi connectivity index (χ0) is 22.1. The van der Waals surface area contributed by atoms with Crippen LogP contribution in [0.3, 0.4) is 0 Å². The summed E-state index contributed by atoms with van der Waals surface area (Å²) in [6.07, 6.45) is 3.07. The summed E-state index contributed by atoms with van der Waals surface area (Å²) in [4.78, 5) is 11.5. The minimum atomic E-state index is -0.103. The molecule has 1 aliphatic heterocycles. The molecule has 1 N–H and O–H groups in total. The second-order valence-corrected chi connectivity index (χ2v) is 9.28. The van der Waals surface area contributed by atoms with Crippen molar-refractivity contribution in [3.63, 3.8) is 0 Å². The molecule has 5 rings (SSSR count). The lowest BCUT2D eigenvalue weighted by Crippen LogP contribution is -2.07. The lowest BCUT2D eigenvalue weighted by molar-refractivity contribution is -0.114. The molecule has 0 atom stereocenters. The molecule has 0 saturated heterocycles. The summed E-state index contributed by atoms with van der Waals surface area (Å²) in [5.41, 5.74) is 2.71. The maximum Gasteiger partial charge on any atom is 0.221 e. The van der Waals surface area contributed by atoms with Gasteiger partial charge in [-0.25, -0.2) is 0 Å². The number of anilines is 1. The molecule has 0 unspecified atom stereocenters. The number of benzene rings is 2. The Morgan fingerprint density at radius 2 is 2.06 bits per heavy atom. The van der Waals surface area contributed by atoms with E-state index in [1.165, 1.54) is 6.92 Å². The van der Waals surface area contributed by atoms with Gasteiger partial charge in [-0.05, 0) is 48.7 Å². The number of hydrogen-bond donors (Lipinski definition) is 1. The number of rotatable bonds is 6. The second kappa shape index (κ2) is 9.03. The van der Waals surface area contributed by atoms with Gasteiger partial charge in [0.25, 0.3) is 0 Å². The van der Waals surface area contributed by atoms with Crippen molar-refractivity contribution < 1.29 is 14.3 Å². The Morgan fingerprint density at radius 1 is 1.22 bits per heavy atom. The van der Waals surface area contributed by atoms with Crippen LogP contribution in [-0.4, -0.2) is 33.9 Å². The van der Waals surface area contributed by atoms with Gasteiger partial charge in [-0.3, -0.25) is 9.36 Å². The van der Waals surface area contributed by atoms with E-state index in [0.717, 1.165) is 47.2 Å². The highest BCUT2D eigenvalue weighted by atomic mass is 35.5. The minimum Gasteiger partial charge on any atom is -0.489 e. The number of aromatic nitrogens is 3. The number of hydrogen-bond acceptors (Lipinski definition) is 6. The minimum absolute atomic E-state index is 0.103. The van der Waals surface area contributed by atoms with Crippen molar-refractivity contribution in [1.29, 1.82) is 0 Å². The third kappa shape index (κ3) is 4.56. The van der Waals surface area contributed by atoms with Crippen molar-refractivity contribution in [3.8, 4) is 17.2 Å². The predicted octanol–water partition coefficient (Wildman–Crippen LogP) is 5.21. The van der Waals surface area contributed by atoms with E-state index in [0.29, 0.717) is 41.4 Å². The van der Waals surface area contributed by atoms with E-state index < -0.39 is 0 Å². The van der Waals surface area contributed by atoms with Crippen LogP contribution in [0.2, 0.25) is 5.02 Å². The molecular weight excluding hydrogens is 448 g/mol. The molecule has 7 nitrogen and oxygen atoms in total. The van der Waals surface area contributed by atoms with Crippen LogP contribution in [0.4, 0.5) is 5.69 Å². The number of thioether (sulfide) groups is 1. The van der Waals surface area contributed by atoms with Crippen molar-refractivity contribution in [2.75, 3.05) is 18.5 Å². The highest BCUT2D eigenvalue weighted by Gasteiger charge is 2.31. The molecular formula is C23H23ClN4O3S. The first kappa shape index (κ1) is 21.2. The molecule has 166 valence electrons. The number of nitrogens with zero attached hydrogens (tertiary/aromatic N) is 3. The van der Waals surface area contributed by atoms with Crippen LogP contribution in [-0.2, 0) is 10.5 Å². The van der Waals surface area contributed by atoms with Gasteiger partial charge in [-0.15, -0.1) is 10.2 Å². The SMILES string of the molecule is CC(=O)Nc1cccc(-n2c(SCc3cc(Cl)c4c(c3)OCCCO4)nnc2C2CC2)c1. The van der Waals surface area contributed by atoms with Crippen LogP contribution in [0.25, 0.3) is 5.69 Å². The van der Waals surface area contributed by atoms with Crippen molar-refractivity contribution >= 4 is 35.0 Å². The molecule has 2 heterocycles. The fraction of sp³-hybridized carbons (Fsp3) is 0.348. The van der Waals surface area contributed by atoms with Gasteiger partial charge < -0.3 is 14.8 Å². The lowest BCUT2D eigenvalue weighted by atomic mass is 10.2.